The van der Waals surface area contributed by atoms with Crippen LogP contribution in [0.3, 0.4) is 0 Å². The van der Waals surface area contributed by atoms with Crippen molar-refractivity contribution in [3.05, 3.63) is 71.3 Å². The molecule has 29 heavy (non-hydrogen) atoms. The number of hydrogen-bond donors (Lipinski definition) is 1. The Balaban J connectivity index is 2.15. The number of thioether (sulfide) groups is 1. The van der Waals surface area contributed by atoms with Crippen LogP contribution in [0, 0.1) is 11.6 Å². The summed E-state index contributed by atoms with van der Waals surface area (Å²) in [4.78, 5) is 16.8. The Labute approximate surface area is 171 Å². The molecule has 154 valence electrons. The van der Waals surface area contributed by atoms with Gasteiger partial charge in [0.2, 0.25) is 0 Å². The Kier molecular flexibility index (Phi) is 6.63. The molecule has 0 radical (unpaired) electrons. The van der Waals surface area contributed by atoms with Crippen LogP contribution in [0.1, 0.15) is 24.5 Å². The number of methoxy groups -OCH3 is 1. The molecule has 0 aliphatic carbocycles. The van der Waals surface area contributed by atoms with Gasteiger partial charge in [-0.1, -0.05) is 42.1 Å². The second-order valence-corrected chi connectivity index (χ2v) is 7.70. The predicted molar refractivity (Wildman–Crippen MR) is 107 cm³/mol. The number of hydrazone groups is 1. The molecule has 2 N–H and O–H groups in total. The van der Waals surface area contributed by atoms with Gasteiger partial charge in [-0.25, -0.2) is 19.7 Å². The largest absolute Gasteiger partial charge is 0.372 e. The van der Waals surface area contributed by atoms with E-state index in [1.165, 1.54) is 12.1 Å². The summed E-state index contributed by atoms with van der Waals surface area (Å²) in [5, 5.41) is 5.84. The lowest BCUT2D eigenvalue weighted by atomic mass is 10.0. The number of benzene rings is 2. The molecule has 6 nitrogen and oxygen atoms in total. The van der Waals surface area contributed by atoms with E-state index >= 15 is 0 Å². The number of amides is 1. The first-order valence-corrected chi connectivity index (χ1v) is 9.71. The zero-order valence-electron chi connectivity index (χ0n) is 16.0. The molecule has 1 aliphatic heterocycles. The van der Waals surface area contributed by atoms with Crippen molar-refractivity contribution in [3.8, 4) is 0 Å². The van der Waals surface area contributed by atoms with Gasteiger partial charge in [-0.2, -0.15) is 5.10 Å². The van der Waals surface area contributed by atoms with Crippen LogP contribution in [0.15, 0.2) is 53.6 Å². The van der Waals surface area contributed by atoms with E-state index in [1.54, 1.807) is 6.92 Å². The second-order valence-electron chi connectivity index (χ2n) is 6.43. The molecule has 1 aliphatic rings. The fraction of sp³-hybridized carbons (Fsp3) is 0.300. The molecule has 2 atom stereocenters. The summed E-state index contributed by atoms with van der Waals surface area (Å²) in [6.07, 6.45) is -0.525. The SMILES string of the molecule is COC(C)C(=O)N1N=C(c2cc(F)ccc2F)SC1(CCON)c1ccccc1. The third kappa shape index (κ3) is 4.18. The maximum Gasteiger partial charge on any atom is 0.273 e. The van der Waals surface area contributed by atoms with Crippen LogP contribution >= 0.6 is 11.8 Å². The average Bonchev–Trinajstić information content (AvgIpc) is 3.14. The highest BCUT2D eigenvalue weighted by Gasteiger charge is 2.49. The Morgan fingerprint density at radius 3 is 2.66 bits per heavy atom. The van der Waals surface area contributed by atoms with Crippen LogP contribution < -0.4 is 5.90 Å². The second kappa shape index (κ2) is 9.00. The summed E-state index contributed by atoms with van der Waals surface area (Å²) in [6.45, 7) is 1.71. The molecule has 2 unspecified atom stereocenters. The number of carbonyl (C=O) groups excluding carboxylic acids is 1. The number of nitrogens with two attached hydrogens (primary N) is 1. The molecular formula is C20H21F2N3O3S. The molecule has 0 aromatic heterocycles. The Morgan fingerprint density at radius 1 is 1.28 bits per heavy atom. The Hall–Kier alpha value is -2.33. The van der Waals surface area contributed by atoms with E-state index < -0.39 is 28.5 Å². The first kappa shape index (κ1) is 21.4. The lowest BCUT2D eigenvalue weighted by Crippen LogP contribution is -2.46. The number of rotatable bonds is 7. The number of nitrogens with zero attached hydrogens (tertiary/aromatic N) is 2. The van der Waals surface area contributed by atoms with Crippen molar-refractivity contribution in [1.29, 1.82) is 0 Å². The van der Waals surface area contributed by atoms with Crippen molar-refractivity contribution < 1.29 is 23.1 Å². The van der Waals surface area contributed by atoms with Gasteiger partial charge in [-0.3, -0.25) is 4.79 Å². The highest BCUT2D eigenvalue weighted by molar-refractivity contribution is 8.15. The minimum absolute atomic E-state index is 0.0238. The van der Waals surface area contributed by atoms with Crippen LogP contribution in [0.4, 0.5) is 8.78 Å². The number of halogens is 2. The van der Waals surface area contributed by atoms with Gasteiger partial charge in [-0.05, 0) is 30.7 Å². The third-order valence-corrected chi connectivity index (χ3v) is 6.10. The van der Waals surface area contributed by atoms with E-state index in [2.05, 4.69) is 5.10 Å². The Morgan fingerprint density at radius 2 is 2.00 bits per heavy atom. The third-order valence-electron chi connectivity index (χ3n) is 4.65. The molecule has 0 bridgehead atoms. The average molecular weight is 421 g/mol. The van der Waals surface area contributed by atoms with E-state index in [0.29, 0.717) is 0 Å². The van der Waals surface area contributed by atoms with Gasteiger partial charge in [0.05, 0.1) is 6.61 Å². The van der Waals surface area contributed by atoms with Crippen molar-refractivity contribution in [2.24, 2.45) is 11.0 Å². The zero-order valence-corrected chi connectivity index (χ0v) is 16.8. The quantitative estimate of drug-likeness (QED) is 0.694. The van der Waals surface area contributed by atoms with Crippen LogP contribution in [-0.2, 0) is 19.2 Å². The molecule has 0 fully saturated rings. The summed E-state index contributed by atoms with van der Waals surface area (Å²) in [7, 11) is 1.41. The topological polar surface area (TPSA) is 77.1 Å². The molecule has 0 saturated carbocycles. The molecule has 0 saturated heterocycles. The van der Waals surface area contributed by atoms with E-state index in [9.17, 15) is 13.6 Å². The van der Waals surface area contributed by atoms with Crippen molar-refractivity contribution in [3.63, 3.8) is 0 Å². The minimum atomic E-state index is -1.06. The lowest BCUT2D eigenvalue weighted by Gasteiger charge is -2.36. The number of ether oxygens (including phenoxy) is 1. The summed E-state index contributed by atoms with van der Waals surface area (Å²) >= 11 is 1.15. The van der Waals surface area contributed by atoms with Gasteiger partial charge in [0, 0.05) is 19.1 Å². The van der Waals surface area contributed by atoms with Crippen LogP contribution in [0.25, 0.3) is 0 Å². The highest BCUT2D eigenvalue weighted by Crippen LogP contribution is 2.50. The number of hydrogen-bond acceptors (Lipinski definition) is 6. The lowest BCUT2D eigenvalue weighted by molar-refractivity contribution is -0.145. The summed E-state index contributed by atoms with van der Waals surface area (Å²) < 4.78 is 33.4. The first-order valence-electron chi connectivity index (χ1n) is 8.90. The zero-order chi connectivity index (χ0) is 21.0. The summed E-state index contributed by atoms with van der Waals surface area (Å²) in [5.41, 5.74) is 0.721. The molecule has 0 spiro atoms. The predicted octanol–water partition coefficient (Wildman–Crippen LogP) is 3.37. The van der Waals surface area contributed by atoms with E-state index in [4.69, 9.17) is 15.5 Å². The maximum atomic E-state index is 14.4. The standard InChI is InChI=1S/C20H21F2N3O3S/c1-13(27-2)19(26)25-20(10-11-28-23,14-6-4-3-5-7-14)29-18(24-25)16-12-15(21)8-9-17(16)22/h3-9,12-13H,10-11,23H2,1-2H3. The van der Waals surface area contributed by atoms with Crippen LogP contribution in [-0.4, -0.2) is 35.8 Å². The summed E-state index contributed by atoms with van der Waals surface area (Å²) in [5.74, 6) is 3.60. The monoisotopic (exact) mass is 421 g/mol. The van der Waals surface area contributed by atoms with E-state index in [1.807, 2.05) is 30.3 Å². The maximum absolute atomic E-state index is 14.4. The molecule has 1 amide bonds. The Bertz CT molecular complexity index is 913. The molecule has 9 heteroatoms. The first-order chi connectivity index (χ1) is 13.9. The van der Waals surface area contributed by atoms with Gasteiger partial charge in [0.1, 0.15) is 27.7 Å². The molecule has 3 rings (SSSR count). The van der Waals surface area contributed by atoms with Crippen molar-refractivity contribution in [1.82, 2.24) is 5.01 Å². The molecular weight excluding hydrogens is 400 g/mol. The molecule has 2 aromatic rings. The molecule has 2 aromatic carbocycles. The van der Waals surface area contributed by atoms with Crippen molar-refractivity contribution in [2.45, 2.75) is 24.3 Å². The van der Waals surface area contributed by atoms with E-state index in [0.717, 1.165) is 35.5 Å². The van der Waals surface area contributed by atoms with Crippen molar-refractivity contribution >= 4 is 22.7 Å². The van der Waals surface area contributed by atoms with Gasteiger partial charge < -0.3 is 9.57 Å². The van der Waals surface area contributed by atoms with Gasteiger partial charge in [0.15, 0.2) is 0 Å². The normalized spacial score (nSPS) is 19.9. The van der Waals surface area contributed by atoms with E-state index in [-0.39, 0.29) is 23.6 Å². The smallest absolute Gasteiger partial charge is 0.273 e. The van der Waals surface area contributed by atoms with Gasteiger partial charge >= 0.3 is 0 Å². The van der Waals surface area contributed by atoms with Crippen LogP contribution in [0.5, 0.6) is 0 Å². The molecule has 1 heterocycles. The fourth-order valence-electron chi connectivity index (χ4n) is 3.04. The number of carbonyl (C=O) groups is 1. The van der Waals surface area contributed by atoms with Crippen molar-refractivity contribution in [2.75, 3.05) is 13.7 Å². The minimum Gasteiger partial charge on any atom is -0.372 e. The summed E-state index contributed by atoms with van der Waals surface area (Å²) in [6, 6.07) is 12.3. The van der Waals surface area contributed by atoms with Gasteiger partial charge in [-0.15, -0.1) is 0 Å². The fourth-order valence-corrected chi connectivity index (χ4v) is 4.41. The van der Waals surface area contributed by atoms with Crippen LogP contribution in [0.2, 0.25) is 0 Å². The highest BCUT2D eigenvalue weighted by atomic mass is 32.2. The van der Waals surface area contributed by atoms with Gasteiger partial charge in [0.25, 0.3) is 5.91 Å².